The van der Waals surface area contributed by atoms with E-state index in [0.29, 0.717) is 12.1 Å². The minimum Gasteiger partial charge on any atom is -0.481 e. The Balaban J connectivity index is 2.87. The molecule has 0 fully saturated rings. The van der Waals surface area contributed by atoms with E-state index in [4.69, 9.17) is 10.2 Å². The van der Waals surface area contributed by atoms with Crippen molar-refractivity contribution in [2.45, 2.75) is 18.9 Å². The number of carboxylic acid groups (broad SMARTS) is 2. The summed E-state index contributed by atoms with van der Waals surface area (Å²) < 4.78 is 38.7. The van der Waals surface area contributed by atoms with E-state index in [1.807, 2.05) is 5.32 Å². The zero-order valence-corrected chi connectivity index (χ0v) is 10.4. The summed E-state index contributed by atoms with van der Waals surface area (Å²) in [5, 5.41) is 19.2. The molecule has 0 radical (unpaired) electrons. The highest BCUT2D eigenvalue weighted by Gasteiger charge is 2.23. The molecule has 1 rings (SSSR count). The molecule has 0 aromatic heterocycles. The maximum absolute atomic E-state index is 13.0. The molecule has 0 spiro atoms. The second-order valence-corrected chi connectivity index (χ2v) is 4.05. The minimum absolute atomic E-state index is 0.407. The Morgan fingerprint density at radius 1 is 1.10 bits per heavy atom. The summed E-state index contributed by atoms with van der Waals surface area (Å²) in [6, 6.07) is -0.738. The molecular weight excluding hydrogens is 295 g/mol. The van der Waals surface area contributed by atoms with Crippen molar-refractivity contribution in [2.24, 2.45) is 0 Å². The van der Waals surface area contributed by atoms with Crippen LogP contribution in [0, 0.1) is 17.5 Å². The number of carbonyl (C=O) groups is 3. The second kappa shape index (κ2) is 6.73. The molecule has 9 heteroatoms. The Bertz CT molecular complexity index is 567. The number of hydrogen-bond donors (Lipinski definition) is 3. The molecule has 3 N–H and O–H groups in total. The number of carbonyl (C=O) groups excluding carboxylic acids is 1. The van der Waals surface area contributed by atoms with Crippen LogP contribution in [0.25, 0.3) is 0 Å². The number of halogens is 3. The quantitative estimate of drug-likeness (QED) is 0.684. The lowest BCUT2D eigenvalue weighted by molar-refractivity contribution is -0.140. The molecule has 0 unspecified atom stereocenters. The van der Waals surface area contributed by atoms with E-state index in [2.05, 4.69) is 0 Å². The van der Waals surface area contributed by atoms with E-state index >= 15 is 0 Å². The molecule has 1 atom stereocenters. The summed E-state index contributed by atoms with van der Waals surface area (Å²) in [6.45, 7) is 0. The normalized spacial score (nSPS) is 11.8. The van der Waals surface area contributed by atoms with Gasteiger partial charge in [0.25, 0.3) is 5.91 Å². The van der Waals surface area contributed by atoms with Crippen LogP contribution < -0.4 is 5.32 Å². The Hall–Kier alpha value is -2.58. The fourth-order valence-corrected chi connectivity index (χ4v) is 1.45. The third-order valence-electron chi connectivity index (χ3n) is 2.50. The molecule has 0 aliphatic rings. The van der Waals surface area contributed by atoms with Crippen LogP contribution >= 0.6 is 0 Å². The molecule has 1 amide bonds. The highest BCUT2D eigenvalue weighted by molar-refractivity contribution is 5.96. The number of benzene rings is 1. The van der Waals surface area contributed by atoms with E-state index in [0.717, 1.165) is 0 Å². The highest BCUT2D eigenvalue weighted by atomic mass is 19.2. The van der Waals surface area contributed by atoms with Crippen molar-refractivity contribution in [2.75, 3.05) is 0 Å². The van der Waals surface area contributed by atoms with Gasteiger partial charge in [-0.05, 0) is 18.6 Å². The molecular formula is C12H10F3NO5. The molecule has 0 saturated carbocycles. The van der Waals surface area contributed by atoms with Crippen molar-refractivity contribution in [1.29, 1.82) is 0 Å². The summed E-state index contributed by atoms with van der Waals surface area (Å²) >= 11 is 0. The van der Waals surface area contributed by atoms with E-state index < -0.39 is 59.7 Å². The Kier molecular flexibility index (Phi) is 5.28. The van der Waals surface area contributed by atoms with Crippen LogP contribution in [0.4, 0.5) is 13.2 Å². The average molecular weight is 305 g/mol. The van der Waals surface area contributed by atoms with Crippen molar-refractivity contribution < 1.29 is 37.8 Å². The Morgan fingerprint density at radius 2 is 1.62 bits per heavy atom. The van der Waals surface area contributed by atoms with E-state index in [1.165, 1.54) is 0 Å². The number of rotatable bonds is 6. The van der Waals surface area contributed by atoms with Gasteiger partial charge in [0.2, 0.25) is 0 Å². The molecule has 0 aliphatic heterocycles. The first-order valence-electron chi connectivity index (χ1n) is 5.62. The van der Waals surface area contributed by atoms with Gasteiger partial charge in [-0.25, -0.2) is 18.0 Å². The first-order valence-corrected chi connectivity index (χ1v) is 5.62. The van der Waals surface area contributed by atoms with Gasteiger partial charge in [0.05, 0.1) is 0 Å². The third-order valence-corrected chi connectivity index (χ3v) is 2.50. The lowest BCUT2D eigenvalue weighted by atomic mass is 10.1. The van der Waals surface area contributed by atoms with Gasteiger partial charge in [0, 0.05) is 12.0 Å². The molecule has 0 saturated heterocycles. The molecule has 0 bridgehead atoms. The van der Waals surface area contributed by atoms with Crippen LogP contribution in [0.5, 0.6) is 0 Å². The smallest absolute Gasteiger partial charge is 0.326 e. The fraction of sp³-hybridized carbons (Fsp3) is 0.250. The zero-order valence-electron chi connectivity index (χ0n) is 10.4. The second-order valence-electron chi connectivity index (χ2n) is 4.05. The van der Waals surface area contributed by atoms with Crippen molar-refractivity contribution in [1.82, 2.24) is 5.32 Å². The van der Waals surface area contributed by atoms with Gasteiger partial charge in [0.15, 0.2) is 17.5 Å². The minimum atomic E-state index is -1.76. The zero-order chi connectivity index (χ0) is 16.2. The summed E-state index contributed by atoms with van der Waals surface area (Å²) in [5.74, 6) is -8.89. The monoisotopic (exact) mass is 305 g/mol. The van der Waals surface area contributed by atoms with Crippen LogP contribution in [0.2, 0.25) is 0 Å². The van der Waals surface area contributed by atoms with E-state index in [-0.39, 0.29) is 0 Å². The number of carboxylic acids is 2. The fourth-order valence-electron chi connectivity index (χ4n) is 1.45. The summed E-state index contributed by atoms with van der Waals surface area (Å²) in [5.41, 5.74) is -0.618. The van der Waals surface area contributed by atoms with Gasteiger partial charge < -0.3 is 15.5 Å². The molecule has 114 valence electrons. The SMILES string of the molecule is O=C(O)CC[C@H](NC(=O)c1cc(F)c(F)c(F)c1)C(=O)O. The van der Waals surface area contributed by atoms with Crippen molar-refractivity contribution in [3.63, 3.8) is 0 Å². The van der Waals surface area contributed by atoms with Gasteiger partial charge in [-0.15, -0.1) is 0 Å². The topological polar surface area (TPSA) is 104 Å². The molecule has 6 nitrogen and oxygen atoms in total. The van der Waals surface area contributed by atoms with Crippen molar-refractivity contribution in [3.05, 3.63) is 35.1 Å². The van der Waals surface area contributed by atoms with Crippen molar-refractivity contribution in [3.8, 4) is 0 Å². The largest absolute Gasteiger partial charge is 0.481 e. The number of nitrogens with one attached hydrogen (secondary N) is 1. The van der Waals surface area contributed by atoms with Crippen LogP contribution in [0.15, 0.2) is 12.1 Å². The standard InChI is InChI=1S/C12H10F3NO5/c13-6-3-5(4-7(14)10(6)15)11(19)16-8(12(20)21)1-2-9(17)18/h3-4,8H,1-2H2,(H,16,19)(H,17,18)(H,20,21)/t8-/m0/s1. The van der Waals surface area contributed by atoms with E-state index in [1.54, 1.807) is 0 Å². The van der Waals surface area contributed by atoms with E-state index in [9.17, 15) is 27.6 Å². The summed E-state index contributed by atoms with van der Waals surface area (Å²) in [7, 11) is 0. The van der Waals surface area contributed by atoms with Crippen LogP contribution in [-0.2, 0) is 9.59 Å². The molecule has 21 heavy (non-hydrogen) atoms. The van der Waals surface area contributed by atoms with Gasteiger partial charge in [-0.1, -0.05) is 0 Å². The van der Waals surface area contributed by atoms with Crippen LogP contribution in [0.1, 0.15) is 23.2 Å². The third kappa shape index (κ3) is 4.48. The predicted molar refractivity (Wildman–Crippen MR) is 62.1 cm³/mol. The lowest BCUT2D eigenvalue weighted by Gasteiger charge is -2.13. The highest BCUT2D eigenvalue weighted by Crippen LogP contribution is 2.14. The van der Waals surface area contributed by atoms with Crippen molar-refractivity contribution >= 4 is 17.8 Å². The average Bonchev–Trinajstić information content (AvgIpc) is 2.39. The summed E-state index contributed by atoms with van der Waals surface area (Å²) in [4.78, 5) is 32.9. The number of aliphatic carboxylic acids is 2. The molecule has 1 aromatic carbocycles. The summed E-state index contributed by atoms with van der Waals surface area (Å²) in [6.07, 6.45) is -0.939. The molecule has 1 aromatic rings. The number of amides is 1. The molecule has 0 heterocycles. The van der Waals surface area contributed by atoms with Crippen LogP contribution in [-0.4, -0.2) is 34.1 Å². The maximum Gasteiger partial charge on any atom is 0.326 e. The van der Waals surface area contributed by atoms with Gasteiger partial charge in [0.1, 0.15) is 6.04 Å². The Labute approximate surface area is 116 Å². The van der Waals surface area contributed by atoms with Gasteiger partial charge >= 0.3 is 11.9 Å². The van der Waals surface area contributed by atoms with Crippen LogP contribution in [0.3, 0.4) is 0 Å². The maximum atomic E-state index is 13.0. The predicted octanol–water partition coefficient (Wildman–Crippen LogP) is 1.15. The molecule has 0 aliphatic carbocycles. The van der Waals surface area contributed by atoms with Gasteiger partial charge in [-0.3, -0.25) is 9.59 Å². The lowest BCUT2D eigenvalue weighted by Crippen LogP contribution is -2.41. The van der Waals surface area contributed by atoms with Gasteiger partial charge in [-0.2, -0.15) is 0 Å². The first kappa shape index (κ1) is 16.5. The Morgan fingerprint density at radius 3 is 2.05 bits per heavy atom. The number of hydrogen-bond acceptors (Lipinski definition) is 3. The first-order chi connectivity index (χ1) is 9.72.